The number of aromatic nitrogens is 2. The molecule has 1 saturated carbocycles. The van der Waals surface area contributed by atoms with E-state index in [9.17, 15) is 5.11 Å². The summed E-state index contributed by atoms with van der Waals surface area (Å²) in [6, 6.07) is 10.1. The quantitative estimate of drug-likeness (QED) is 0.898. The molecule has 0 saturated heterocycles. The molecule has 1 heterocycles. The summed E-state index contributed by atoms with van der Waals surface area (Å²) < 4.78 is 2.01. The smallest absolute Gasteiger partial charge is 0.0840 e. The third-order valence-electron chi connectivity index (χ3n) is 3.49. The van der Waals surface area contributed by atoms with Crippen LogP contribution in [0.2, 0.25) is 0 Å². The molecule has 1 aliphatic carbocycles. The standard InChI is InChI=1S/C15H18N2O/c1-15(2,18)12-5-7-13(8-6-12)17-14(9-10-16-17)11-3-4-11/h5-11,18H,3-4H2,1-2H3. The molecule has 1 fully saturated rings. The van der Waals surface area contributed by atoms with Gasteiger partial charge in [-0.25, -0.2) is 4.68 Å². The van der Waals surface area contributed by atoms with E-state index in [4.69, 9.17) is 0 Å². The Morgan fingerprint density at radius 1 is 1.17 bits per heavy atom. The number of benzene rings is 1. The highest BCUT2D eigenvalue weighted by Gasteiger charge is 2.27. The van der Waals surface area contributed by atoms with E-state index in [-0.39, 0.29) is 0 Å². The maximum Gasteiger partial charge on any atom is 0.0840 e. The van der Waals surface area contributed by atoms with Gasteiger partial charge in [0.2, 0.25) is 0 Å². The van der Waals surface area contributed by atoms with Gasteiger partial charge in [-0.15, -0.1) is 0 Å². The van der Waals surface area contributed by atoms with Gasteiger partial charge in [-0.05, 0) is 50.5 Å². The first-order chi connectivity index (χ1) is 8.55. The zero-order chi connectivity index (χ0) is 12.8. The molecule has 3 rings (SSSR count). The van der Waals surface area contributed by atoms with Crippen molar-refractivity contribution in [3.63, 3.8) is 0 Å². The highest BCUT2D eigenvalue weighted by atomic mass is 16.3. The number of rotatable bonds is 3. The first kappa shape index (κ1) is 11.5. The summed E-state index contributed by atoms with van der Waals surface area (Å²) in [5.74, 6) is 0.682. The number of aliphatic hydroxyl groups is 1. The molecule has 3 heteroatoms. The monoisotopic (exact) mass is 242 g/mol. The maximum absolute atomic E-state index is 9.94. The van der Waals surface area contributed by atoms with Crippen LogP contribution >= 0.6 is 0 Å². The van der Waals surface area contributed by atoms with Gasteiger partial charge in [0.15, 0.2) is 0 Å². The van der Waals surface area contributed by atoms with Gasteiger partial charge in [-0.3, -0.25) is 0 Å². The van der Waals surface area contributed by atoms with Crippen LogP contribution < -0.4 is 0 Å². The normalized spacial score (nSPS) is 15.9. The van der Waals surface area contributed by atoms with Crippen molar-refractivity contribution in [3.05, 3.63) is 47.8 Å². The Morgan fingerprint density at radius 2 is 1.83 bits per heavy atom. The molecule has 0 unspecified atom stereocenters. The molecule has 1 N–H and O–H groups in total. The molecule has 1 aromatic carbocycles. The van der Waals surface area contributed by atoms with Gasteiger partial charge >= 0.3 is 0 Å². The van der Waals surface area contributed by atoms with Crippen molar-refractivity contribution in [2.24, 2.45) is 0 Å². The molecule has 0 radical (unpaired) electrons. The van der Waals surface area contributed by atoms with Crippen LogP contribution in [0.1, 0.15) is 43.9 Å². The highest BCUT2D eigenvalue weighted by molar-refractivity contribution is 5.38. The molecule has 0 atom stereocenters. The fourth-order valence-corrected chi connectivity index (χ4v) is 2.23. The molecular formula is C15H18N2O. The topological polar surface area (TPSA) is 38.0 Å². The highest BCUT2D eigenvalue weighted by Crippen LogP contribution is 2.40. The second-order valence-corrected chi connectivity index (χ2v) is 5.55. The molecule has 1 aliphatic rings. The largest absolute Gasteiger partial charge is 0.386 e. The van der Waals surface area contributed by atoms with Crippen LogP contribution in [0, 0.1) is 0 Å². The molecule has 0 aliphatic heterocycles. The molecule has 18 heavy (non-hydrogen) atoms. The van der Waals surface area contributed by atoms with Crippen LogP contribution in [0.3, 0.4) is 0 Å². The van der Waals surface area contributed by atoms with Crippen molar-refractivity contribution in [1.29, 1.82) is 0 Å². The lowest BCUT2D eigenvalue weighted by molar-refractivity contribution is 0.0786. The van der Waals surface area contributed by atoms with Gasteiger partial charge in [0.25, 0.3) is 0 Å². The van der Waals surface area contributed by atoms with Crippen LogP contribution in [-0.2, 0) is 5.60 Å². The van der Waals surface area contributed by atoms with E-state index in [1.54, 1.807) is 13.8 Å². The Kier molecular flexibility index (Phi) is 2.52. The molecule has 0 bridgehead atoms. The van der Waals surface area contributed by atoms with Gasteiger partial charge in [-0.2, -0.15) is 5.10 Å². The Labute approximate surface area is 107 Å². The van der Waals surface area contributed by atoms with E-state index in [0.717, 1.165) is 11.3 Å². The van der Waals surface area contributed by atoms with Gasteiger partial charge in [0.1, 0.15) is 0 Å². The minimum absolute atomic E-state index is 0.682. The van der Waals surface area contributed by atoms with Crippen molar-refractivity contribution < 1.29 is 5.11 Å². The first-order valence-electron chi connectivity index (χ1n) is 6.43. The van der Waals surface area contributed by atoms with E-state index in [2.05, 4.69) is 11.2 Å². The van der Waals surface area contributed by atoms with Gasteiger partial charge in [0, 0.05) is 17.8 Å². The Balaban J connectivity index is 1.95. The SMILES string of the molecule is CC(C)(O)c1ccc(-n2nccc2C2CC2)cc1. The van der Waals surface area contributed by atoms with Crippen molar-refractivity contribution >= 4 is 0 Å². The van der Waals surface area contributed by atoms with Crippen LogP contribution in [0.25, 0.3) is 5.69 Å². The summed E-state index contributed by atoms with van der Waals surface area (Å²) in [7, 11) is 0. The van der Waals surface area contributed by atoms with Crippen molar-refractivity contribution in [1.82, 2.24) is 9.78 Å². The van der Waals surface area contributed by atoms with Crippen LogP contribution in [0.15, 0.2) is 36.5 Å². The average Bonchev–Trinajstić information content (AvgIpc) is 3.06. The predicted octanol–water partition coefficient (Wildman–Crippen LogP) is 2.98. The minimum atomic E-state index is -0.790. The van der Waals surface area contributed by atoms with E-state index < -0.39 is 5.60 Å². The summed E-state index contributed by atoms with van der Waals surface area (Å²) in [6.45, 7) is 3.59. The van der Waals surface area contributed by atoms with E-state index in [1.165, 1.54) is 18.5 Å². The molecule has 3 nitrogen and oxygen atoms in total. The second kappa shape index (κ2) is 3.95. The average molecular weight is 242 g/mol. The first-order valence-corrected chi connectivity index (χ1v) is 6.43. The lowest BCUT2D eigenvalue weighted by Gasteiger charge is -2.18. The number of nitrogens with zero attached hydrogens (tertiary/aromatic N) is 2. The summed E-state index contributed by atoms with van der Waals surface area (Å²) in [4.78, 5) is 0. The fraction of sp³-hybridized carbons (Fsp3) is 0.400. The lowest BCUT2D eigenvalue weighted by Crippen LogP contribution is -2.15. The summed E-state index contributed by atoms with van der Waals surface area (Å²) in [5, 5.41) is 14.3. The summed E-state index contributed by atoms with van der Waals surface area (Å²) in [6.07, 6.45) is 4.40. The second-order valence-electron chi connectivity index (χ2n) is 5.55. The van der Waals surface area contributed by atoms with Crippen molar-refractivity contribution in [2.45, 2.75) is 38.2 Å². The number of hydrogen-bond donors (Lipinski definition) is 1. The van der Waals surface area contributed by atoms with E-state index >= 15 is 0 Å². The molecule has 94 valence electrons. The Hall–Kier alpha value is -1.61. The van der Waals surface area contributed by atoms with Crippen LogP contribution in [0.4, 0.5) is 0 Å². The van der Waals surface area contributed by atoms with Crippen LogP contribution in [0.5, 0.6) is 0 Å². The third kappa shape index (κ3) is 2.06. The van der Waals surface area contributed by atoms with Crippen molar-refractivity contribution in [2.75, 3.05) is 0 Å². The summed E-state index contributed by atoms with van der Waals surface area (Å²) >= 11 is 0. The Bertz CT molecular complexity index is 545. The van der Waals surface area contributed by atoms with E-state index in [0.29, 0.717) is 5.92 Å². The van der Waals surface area contributed by atoms with Gasteiger partial charge in [-0.1, -0.05) is 12.1 Å². The van der Waals surface area contributed by atoms with Crippen molar-refractivity contribution in [3.8, 4) is 5.69 Å². The zero-order valence-corrected chi connectivity index (χ0v) is 10.8. The lowest BCUT2D eigenvalue weighted by atomic mass is 9.98. The molecule has 2 aromatic rings. The van der Waals surface area contributed by atoms with Gasteiger partial charge in [0.05, 0.1) is 11.3 Å². The fourth-order valence-electron chi connectivity index (χ4n) is 2.23. The third-order valence-corrected chi connectivity index (χ3v) is 3.49. The Morgan fingerprint density at radius 3 is 2.39 bits per heavy atom. The maximum atomic E-state index is 9.94. The predicted molar refractivity (Wildman–Crippen MR) is 70.8 cm³/mol. The molecule has 1 aromatic heterocycles. The van der Waals surface area contributed by atoms with E-state index in [1.807, 2.05) is 35.1 Å². The minimum Gasteiger partial charge on any atom is -0.386 e. The number of hydrogen-bond acceptors (Lipinski definition) is 2. The molecule has 0 spiro atoms. The zero-order valence-electron chi connectivity index (χ0n) is 10.8. The summed E-state index contributed by atoms with van der Waals surface area (Å²) in [5.41, 5.74) is 2.49. The van der Waals surface area contributed by atoms with Crippen LogP contribution in [-0.4, -0.2) is 14.9 Å². The molecule has 0 amide bonds. The van der Waals surface area contributed by atoms with Gasteiger partial charge < -0.3 is 5.11 Å². The molecular weight excluding hydrogens is 224 g/mol.